The first-order chi connectivity index (χ1) is 14.5. The highest BCUT2D eigenvalue weighted by molar-refractivity contribution is 5.81. The summed E-state index contributed by atoms with van der Waals surface area (Å²) in [5.41, 5.74) is 0.939. The number of carbonyl (C=O) groups is 1. The first-order valence-corrected chi connectivity index (χ1v) is 11.3. The fourth-order valence-electron chi connectivity index (χ4n) is 5.09. The first-order valence-electron chi connectivity index (χ1n) is 11.3. The van der Waals surface area contributed by atoms with Gasteiger partial charge < -0.3 is 9.47 Å². The van der Waals surface area contributed by atoms with Crippen LogP contribution in [-0.4, -0.2) is 25.3 Å². The van der Waals surface area contributed by atoms with Gasteiger partial charge in [-0.1, -0.05) is 6.58 Å². The number of carbonyl (C=O) groups excluding carboxylic acids is 1. The lowest BCUT2D eigenvalue weighted by molar-refractivity contribution is -0.138. The van der Waals surface area contributed by atoms with Crippen molar-refractivity contribution < 1.29 is 23.0 Å². The van der Waals surface area contributed by atoms with Crippen molar-refractivity contribution in [1.29, 1.82) is 0 Å². The second-order valence-electron chi connectivity index (χ2n) is 8.85. The van der Waals surface area contributed by atoms with Gasteiger partial charge in [-0.3, -0.25) is 0 Å². The molecule has 0 unspecified atom stereocenters. The Hall–Kier alpha value is -1.75. The lowest BCUT2D eigenvalue weighted by Gasteiger charge is -2.38. The third-order valence-electron chi connectivity index (χ3n) is 6.99. The molecule has 166 valence electrons. The fraction of sp³-hybridized carbons (Fsp3) is 0.640. The number of esters is 1. The molecule has 2 fully saturated rings. The molecule has 0 N–H and O–H groups in total. The normalized spacial score (nSPS) is 26.9. The molecule has 2 aliphatic rings. The number of halogens is 2. The zero-order valence-electron chi connectivity index (χ0n) is 18.0. The van der Waals surface area contributed by atoms with Gasteiger partial charge in [-0.15, -0.1) is 0 Å². The van der Waals surface area contributed by atoms with Crippen LogP contribution < -0.4 is 0 Å². The topological polar surface area (TPSA) is 35.5 Å². The van der Waals surface area contributed by atoms with Crippen LogP contribution in [0.5, 0.6) is 0 Å². The maximum atomic E-state index is 13.9. The zero-order chi connectivity index (χ0) is 21.5. The van der Waals surface area contributed by atoms with Gasteiger partial charge in [-0.2, -0.15) is 0 Å². The SMILES string of the molecule is C=CC(=O)OCCCOC1CCC(C2CCC(c3cc(F)c(C)c(F)c3)CC2)CC1. The van der Waals surface area contributed by atoms with E-state index in [9.17, 15) is 13.6 Å². The molecule has 3 rings (SSSR count). The summed E-state index contributed by atoms with van der Waals surface area (Å²) in [5.74, 6) is 0.503. The monoisotopic (exact) mass is 420 g/mol. The largest absolute Gasteiger partial charge is 0.462 e. The second-order valence-corrected chi connectivity index (χ2v) is 8.85. The minimum atomic E-state index is -0.427. The Morgan fingerprint density at radius 1 is 1.00 bits per heavy atom. The van der Waals surface area contributed by atoms with Crippen molar-refractivity contribution in [3.8, 4) is 0 Å². The molecule has 0 bridgehead atoms. The predicted octanol–water partition coefficient (Wildman–Crippen LogP) is 6.24. The molecule has 1 aromatic carbocycles. The Morgan fingerprint density at radius 3 is 2.13 bits per heavy atom. The quantitative estimate of drug-likeness (QED) is 0.284. The van der Waals surface area contributed by atoms with Crippen LogP contribution >= 0.6 is 0 Å². The van der Waals surface area contributed by atoms with E-state index < -0.39 is 11.6 Å². The van der Waals surface area contributed by atoms with Crippen LogP contribution in [0, 0.1) is 30.4 Å². The summed E-state index contributed by atoms with van der Waals surface area (Å²) in [4.78, 5) is 11.0. The average molecular weight is 421 g/mol. The summed E-state index contributed by atoms with van der Waals surface area (Å²) in [7, 11) is 0. The summed E-state index contributed by atoms with van der Waals surface area (Å²) < 4.78 is 38.7. The van der Waals surface area contributed by atoms with Gasteiger partial charge in [0.1, 0.15) is 11.6 Å². The molecule has 0 radical (unpaired) electrons. The number of benzene rings is 1. The molecule has 0 heterocycles. The van der Waals surface area contributed by atoms with Crippen LogP contribution in [0.15, 0.2) is 24.8 Å². The summed E-state index contributed by atoms with van der Waals surface area (Å²) in [6, 6.07) is 3.06. The number of hydrogen-bond acceptors (Lipinski definition) is 3. The van der Waals surface area contributed by atoms with Crippen LogP contribution in [0.1, 0.15) is 74.8 Å². The third-order valence-corrected chi connectivity index (χ3v) is 6.99. The first kappa shape index (κ1) is 22.9. The van der Waals surface area contributed by atoms with Crippen LogP contribution in [0.2, 0.25) is 0 Å². The maximum Gasteiger partial charge on any atom is 0.330 e. The average Bonchev–Trinajstić information content (AvgIpc) is 2.77. The number of hydrogen-bond donors (Lipinski definition) is 0. The van der Waals surface area contributed by atoms with Gasteiger partial charge in [0.2, 0.25) is 0 Å². The minimum absolute atomic E-state index is 0.115. The van der Waals surface area contributed by atoms with Gasteiger partial charge in [0.05, 0.1) is 19.3 Å². The highest BCUT2D eigenvalue weighted by Crippen LogP contribution is 2.43. The molecule has 5 heteroatoms. The summed E-state index contributed by atoms with van der Waals surface area (Å²) in [5, 5.41) is 0. The Kier molecular flexibility index (Phi) is 8.43. The van der Waals surface area contributed by atoms with E-state index in [2.05, 4.69) is 6.58 Å². The van der Waals surface area contributed by atoms with Crippen molar-refractivity contribution in [2.24, 2.45) is 11.8 Å². The van der Waals surface area contributed by atoms with Crippen molar-refractivity contribution in [3.05, 3.63) is 47.5 Å². The van der Waals surface area contributed by atoms with E-state index in [1.54, 1.807) is 0 Å². The highest BCUT2D eigenvalue weighted by Gasteiger charge is 2.31. The van der Waals surface area contributed by atoms with Crippen molar-refractivity contribution in [1.82, 2.24) is 0 Å². The molecule has 0 aromatic heterocycles. The van der Waals surface area contributed by atoms with Gasteiger partial charge in [0, 0.05) is 18.1 Å². The van der Waals surface area contributed by atoms with E-state index in [1.165, 1.54) is 38.0 Å². The Labute approximate surface area is 178 Å². The molecule has 0 aliphatic heterocycles. The molecule has 2 saturated carbocycles. The van der Waals surface area contributed by atoms with Gasteiger partial charge in [-0.05, 0) is 93.7 Å². The molecule has 1 aromatic rings. The smallest absolute Gasteiger partial charge is 0.330 e. The van der Waals surface area contributed by atoms with Crippen LogP contribution in [0.25, 0.3) is 0 Å². The molecule has 0 amide bonds. The molecule has 3 nitrogen and oxygen atoms in total. The minimum Gasteiger partial charge on any atom is -0.462 e. The standard InChI is InChI=1S/C25H34F2O3/c1-3-25(28)30-14-4-13-29-22-11-9-19(10-12-22)18-5-7-20(8-6-18)21-15-23(26)17(2)24(27)16-21/h3,15-16,18-20,22H,1,4-14H2,2H3. The van der Waals surface area contributed by atoms with E-state index in [1.807, 2.05) is 0 Å². The van der Waals surface area contributed by atoms with E-state index in [-0.39, 0.29) is 17.5 Å². The molecule has 0 spiro atoms. The van der Waals surface area contributed by atoms with Crippen molar-refractivity contribution in [2.75, 3.05) is 13.2 Å². The third kappa shape index (κ3) is 6.13. The number of rotatable bonds is 8. The summed E-state index contributed by atoms with van der Waals surface area (Å²) in [6.07, 6.45) is 11.1. The van der Waals surface area contributed by atoms with E-state index in [4.69, 9.17) is 9.47 Å². The van der Waals surface area contributed by atoms with Gasteiger partial charge in [-0.25, -0.2) is 13.6 Å². The fourth-order valence-corrected chi connectivity index (χ4v) is 5.09. The zero-order valence-corrected chi connectivity index (χ0v) is 18.0. The van der Waals surface area contributed by atoms with Crippen LogP contribution in [0.4, 0.5) is 8.78 Å². The Morgan fingerprint density at radius 2 is 1.57 bits per heavy atom. The van der Waals surface area contributed by atoms with E-state index in [0.29, 0.717) is 25.7 Å². The van der Waals surface area contributed by atoms with Crippen molar-refractivity contribution in [3.63, 3.8) is 0 Å². The lowest BCUT2D eigenvalue weighted by Crippen LogP contribution is -2.28. The Bertz CT molecular complexity index is 694. The predicted molar refractivity (Wildman–Crippen MR) is 113 cm³/mol. The number of ether oxygens (including phenoxy) is 2. The van der Waals surface area contributed by atoms with E-state index >= 15 is 0 Å². The molecule has 30 heavy (non-hydrogen) atoms. The molecule has 2 aliphatic carbocycles. The Balaban J connectivity index is 1.35. The highest BCUT2D eigenvalue weighted by atomic mass is 19.1. The summed E-state index contributed by atoms with van der Waals surface area (Å²) >= 11 is 0. The van der Waals surface area contributed by atoms with Crippen LogP contribution in [-0.2, 0) is 14.3 Å². The lowest BCUT2D eigenvalue weighted by atomic mass is 9.69. The van der Waals surface area contributed by atoms with Gasteiger partial charge in [0.15, 0.2) is 0 Å². The molecular formula is C25H34F2O3. The van der Waals surface area contributed by atoms with Gasteiger partial charge in [0.25, 0.3) is 0 Å². The maximum absolute atomic E-state index is 13.9. The molecule has 0 atom stereocenters. The molecule has 0 saturated heterocycles. The summed E-state index contributed by atoms with van der Waals surface area (Å²) in [6.45, 7) is 5.85. The van der Waals surface area contributed by atoms with Crippen molar-refractivity contribution >= 4 is 5.97 Å². The van der Waals surface area contributed by atoms with Crippen molar-refractivity contribution in [2.45, 2.75) is 76.7 Å². The molecular weight excluding hydrogens is 386 g/mol. The van der Waals surface area contributed by atoms with Gasteiger partial charge >= 0.3 is 5.97 Å². The van der Waals surface area contributed by atoms with Crippen LogP contribution in [0.3, 0.4) is 0 Å². The van der Waals surface area contributed by atoms with E-state index in [0.717, 1.165) is 55.9 Å². The second kappa shape index (κ2) is 11.0.